The average molecular weight is 400 g/mol. The van der Waals surface area contributed by atoms with Gasteiger partial charge in [-0.15, -0.1) is 10.2 Å². The Morgan fingerprint density at radius 1 is 1.00 bits per heavy atom. The van der Waals surface area contributed by atoms with Crippen LogP contribution in [0.25, 0.3) is 0 Å². The third-order valence-corrected chi connectivity index (χ3v) is 6.24. The van der Waals surface area contributed by atoms with Crippen molar-refractivity contribution in [1.29, 1.82) is 0 Å². The maximum Gasteiger partial charge on any atom is 0.262 e. The zero-order valence-electron chi connectivity index (χ0n) is 15.3. The largest absolute Gasteiger partial charge is 0.352 e. The number of hydrogen-bond acceptors (Lipinski definition) is 8. The van der Waals surface area contributed by atoms with Gasteiger partial charge in [-0.05, 0) is 24.3 Å². The van der Waals surface area contributed by atoms with Gasteiger partial charge in [0.1, 0.15) is 0 Å². The minimum absolute atomic E-state index is 0.0785. The number of sulfonamides is 1. The summed E-state index contributed by atoms with van der Waals surface area (Å²) in [6.45, 7) is 1.82. The van der Waals surface area contributed by atoms with E-state index < -0.39 is 10.0 Å². The Hall–Kier alpha value is -3.05. The lowest BCUT2D eigenvalue weighted by Crippen LogP contribution is -2.49. The second-order valence-corrected chi connectivity index (χ2v) is 8.29. The average Bonchev–Trinajstić information content (AvgIpc) is 3.17. The van der Waals surface area contributed by atoms with E-state index in [4.69, 9.17) is 0 Å². The number of nitrogens with zero attached hydrogens (tertiary/aromatic N) is 7. The first-order valence-corrected chi connectivity index (χ1v) is 10.2. The molecule has 0 saturated carbocycles. The lowest BCUT2D eigenvalue weighted by atomic mass is 10.3. The van der Waals surface area contributed by atoms with Gasteiger partial charge in [0.15, 0.2) is 16.7 Å². The molecule has 0 spiro atoms. The molecule has 1 aliphatic heterocycles. The first-order chi connectivity index (χ1) is 13.5. The molecule has 0 atom stereocenters. The molecule has 1 aliphatic rings. The Morgan fingerprint density at radius 3 is 2.36 bits per heavy atom. The fourth-order valence-electron chi connectivity index (χ4n) is 2.96. The molecule has 3 aromatic heterocycles. The van der Waals surface area contributed by atoms with Crippen LogP contribution in [0, 0.1) is 0 Å². The van der Waals surface area contributed by atoms with Gasteiger partial charge in [0.05, 0.1) is 6.33 Å². The quantitative estimate of drug-likeness (QED) is 0.672. The number of nitrogens with one attached hydrogen (secondary N) is 1. The van der Waals surface area contributed by atoms with Crippen molar-refractivity contribution in [1.82, 2.24) is 29.0 Å². The molecule has 10 nitrogen and oxygen atoms in total. The van der Waals surface area contributed by atoms with E-state index in [1.807, 2.05) is 29.2 Å². The highest BCUT2D eigenvalue weighted by Crippen LogP contribution is 2.20. The zero-order chi connectivity index (χ0) is 19.6. The van der Waals surface area contributed by atoms with Crippen LogP contribution in [0.5, 0.6) is 0 Å². The van der Waals surface area contributed by atoms with E-state index in [9.17, 15) is 8.42 Å². The summed E-state index contributed by atoms with van der Waals surface area (Å²) in [5.41, 5.74) is 0.880. The molecule has 146 valence electrons. The monoisotopic (exact) mass is 400 g/mol. The molecule has 1 N–H and O–H groups in total. The number of piperazine rings is 1. The Labute approximate surface area is 162 Å². The summed E-state index contributed by atoms with van der Waals surface area (Å²) in [5.74, 6) is 1.35. The van der Waals surface area contributed by atoms with E-state index >= 15 is 0 Å². The first-order valence-electron chi connectivity index (χ1n) is 8.76. The molecule has 1 saturated heterocycles. The Bertz CT molecular complexity index is 1030. The summed E-state index contributed by atoms with van der Waals surface area (Å²) >= 11 is 0. The van der Waals surface area contributed by atoms with Crippen LogP contribution in [0.15, 0.2) is 54.2 Å². The molecule has 0 aromatic carbocycles. The Kier molecular flexibility index (Phi) is 4.92. The van der Waals surface area contributed by atoms with Crippen molar-refractivity contribution >= 4 is 27.3 Å². The van der Waals surface area contributed by atoms with Crippen LogP contribution >= 0.6 is 0 Å². The Morgan fingerprint density at radius 2 is 1.75 bits per heavy atom. The smallest absolute Gasteiger partial charge is 0.262 e. The van der Waals surface area contributed by atoms with Crippen molar-refractivity contribution in [2.75, 3.05) is 36.4 Å². The minimum Gasteiger partial charge on any atom is -0.352 e. The third kappa shape index (κ3) is 3.80. The third-order valence-electron chi connectivity index (χ3n) is 4.45. The van der Waals surface area contributed by atoms with Crippen molar-refractivity contribution in [2.24, 2.45) is 7.05 Å². The molecule has 0 bridgehead atoms. The number of aromatic nitrogens is 5. The van der Waals surface area contributed by atoms with Crippen LogP contribution in [0.4, 0.5) is 17.3 Å². The zero-order valence-corrected chi connectivity index (χ0v) is 16.1. The number of hydrogen-bond donors (Lipinski definition) is 1. The highest BCUT2D eigenvalue weighted by molar-refractivity contribution is 7.89. The molecule has 3 aromatic rings. The number of imidazole rings is 1. The second kappa shape index (κ2) is 7.52. The topological polar surface area (TPSA) is 109 Å². The van der Waals surface area contributed by atoms with Gasteiger partial charge in [-0.2, -0.15) is 4.31 Å². The summed E-state index contributed by atoms with van der Waals surface area (Å²) in [5, 5.41) is 11.7. The van der Waals surface area contributed by atoms with Crippen molar-refractivity contribution in [3.05, 3.63) is 49.2 Å². The minimum atomic E-state index is -3.56. The molecule has 0 radical (unpaired) electrons. The summed E-state index contributed by atoms with van der Waals surface area (Å²) in [7, 11) is -1.82. The van der Waals surface area contributed by atoms with E-state index in [0.717, 1.165) is 11.5 Å². The molecule has 28 heavy (non-hydrogen) atoms. The maximum atomic E-state index is 12.7. The number of pyridine rings is 1. The standard InChI is InChI=1S/C17H20N8O2S/c1-23-12-17(19-13-23)28(26,27)25-10-8-24(9-11-25)16-3-2-15(21-22-16)20-14-4-6-18-7-5-14/h2-7,12-13H,8-11H2,1H3,(H,18,20,21). The molecule has 4 rings (SSSR count). The van der Waals surface area contributed by atoms with Crippen LogP contribution in [-0.2, 0) is 17.1 Å². The number of rotatable bonds is 5. The summed E-state index contributed by atoms with van der Waals surface area (Å²) in [6.07, 6.45) is 6.40. The van der Waals surface area contributed by atoms with Crippen molar-refractivity contribution in [3.63, 3.8) is 0 Å². The van der Waals surface area contributed by atoms with Gasteiger partial charge in [-0.3, -0.25) is 4.98 Å². The predicted octanol–water partition coefficient (Wildman–Crippen LogP) is 0.860. The van der Waals surface area contributed by atoms with Gasteiger partial charge < -0.3 is 14.8 Å². The van der Waals surface area contributed by atoms with Crippen LogP contribution < -0.4 is 10.2 Å². The van der Waals surface area contributed by atoms with Crippen molar-refractivity contribution in [3.8, 4) is 0 Å². The summed E-state index contributed by atoms with van der Waals surface area (Å²) in [6, 6.07) is 7.41. The molecular formula is C17H20N8O2S. The van der Waals surface area contributed by atoms with Gasteiger partial charge in [0.25, 0.3) is 10.0 Å². The molecule has 4 heterocycles. The molecule has 0 aliphatic carbocycles. The fraction of sp³-hybridized carbons (Fsp3) is 0.294. The fourth-order valence-corrected chi connectivity index (χ4v) is 4.34. The van der Waals surface area contributed by atoms with Crippen LogP contribution in [0.3, 0.4) is 0 Å². The van der Waals surface area contributed by atoms with Gasteiger partial charge in [0.2, 0.25) is 0 Å². The SMILES string of the molecule is Cn1cnc(S(=O)(=O)N2CCN(c3ccc(Nc4ccncc4)nn3)CC2)c1. The lowest BCUT2D eigenvalue weighted by Gasteiger charge is -2.33. The van der Waals surface area contributed by atoms with Crippen LogP contribution in [0.1, 0.15) is 0 Å². The van der Waals surface area contributed by atoms with E-state index in [0.29, 0.717) is 32.0 Å². The van der Waals surface area contributed by atoms with Gasteiger partial charge in [0, 0.05) is 57.5 Å². The van der Waals surface area contributed by atoms with E-state index in [1.54, 1.807) is 24.0 Å². The van der Waals surface area contributed by atoms with Crippen molar-refractivity contribution in [2.45, 2.75) is 5.03 Å². The summed E-state index contributed by atoms with van der Waals surface area (Å²) < 4.78 is 28.4. The van der Waals surface area contributed by atoms with Gasteiger partial charge in [-0.1, -0.05) is 0 Å². The van der Waals surface area contributed by atoms with Gasteiger partial charge >= 0.3 is 0 Å². The molecule has 0 unspecified atom stereocenters. The van der Waals surface area contributed by atoms with E-state index in [1.165, 1.54) is 16.8 Å². The predicted molar refractivity (Wildman–Crippen MR) is 104 cm³/mol. The Balaban J connectivity index is 1.38. The molecule has 11 heteroatoms. The van der Waals surface area contributed by atoms with E-state index in [-0.39, 0.29) is 5.03 Å². The van der Waals surface area contributed by atoms with Crippen molar-refractivity contribution < 1.29 is 8.42 Å². The molecular weight excluding hydrogens is 380 g/mol. The molecule has 0 amide bonds. The highest BCUT2D eigenvalue weighted by atomic mass is 32.2. The number of aryl methyl sites for hydroxylation is 1. The highest BCUT2D eigenvalue weighted by Gasteiger charge is 2.30. The summed E-state index contributed by atoms with van der Waals surface area (Å²) in [4.78, 5) is 9.96. The van der Waals surface area contributed by atoms with Crippen LogP contribution in [0.2, 0.25) is 0 Å². The first kappa shape index (κ1) is 18.3. The van der Waals surface area contributed by atoms with E-state index in [2.05, 4.69) is 25.5 Å². The second-order valence-electron chi connectivity index (χ2n) is 6.41. The maximum absolute atomic E-state index is 12.7. The molecule has 1 fully saturated rings. The van der Waals surface area contributed by atoms with Crippen LogP contribution in [-0.4, -0.2) is 63.6 Å². The lowest BCUT2D eigenvalue weighted by molar-refractivity contribution is 0.382. The van der Waals surface area contributed by atoms with Gasteiger partial charge in [-0.25, -0.2) is 13.4 Å². The normalized spacial score (nSPS) is 15.5. The number of anilines is 3.